The van der Waals surface area contributed by atoms with Gasteiger partial charge in [-0.25, -0.2) is 4.98 Å². The number of rotatable bonds is 5. The highest BCUT2D eigenvalue weighted by Gasteiger charge is 2.25. The lowest BCUT2D eigenvalue weighted by molar-refractivity contribution is -0.132. The third kappa shape index (κ3) is 3.93. The molecule has 1 aliphatic heterocycles. The average molecular weight is 329 g/mol. The fourth-order valence-corrected chi connectivity index (χ4v) is 2.79. The van der Waals surface area contributed by atoms with Crippen LogP contribution in [0.4, 0.5) is 0 Å². The van der Waals surface area contributed by atoms with Crippen molar-refractivity contribution in [2.24, 2.45) is 5.92 Å². The van der Waals surface area contributed by atoms with E-state index in [-0.39, 0.29) is 17.9 Å². The van der Waals surface area contributed by atoms with E-state index in [9.17, 15) is 9.59 Å². The molecule has 0 saturated heterocycles. The van der Waals surface area contributed by atoms with E-state index in [2.05, 4.69) is 18.8 Å². The minimum Gasteiger partial charge on any atom is -0.445 e. The Labute approximate surface area is 141 Å². The van der Waals surface area contributed by atoms with Crippen LogP contribution in [0, 0.1) is 5.92 Å². The Balaban J connectivity index is 1.62. The molecule has 0 bridgehead atoms. The van der Waals surface area contributed by atoms with Gasteiger partial charge in [0.05, 0.1) is 6.54 Å². The smallest absolute Gasteiger partial charge is 0.242 e. The summed E-state index contributed by atoms with van der Waals surface area (Å²) in [4.78, 5) is 29.9. The van der Waals surface area contributed by atoms with E-state index in [1.165, 1.54) is 12.1 Å². The largest absolute Gasteiger partial charge is 0.445 e. The maximum atomic E-state index is 12.5. The van der Waals surface area contributed by atoms with Crippen molar-refractivity contribution < 1.29 is 9.21 Å². The lowest BCUT2D eigenvalue weighted by Crippen LogP contribution is -2.37. The van der Waals surface area contributed by atoms with Crippen molar-refractivity contribution in [2.75, 3.05) is 6.54 Å². The van der Waals surface area contributed by atoms with Gasteiger partial charge in [-0.15, -0.1) is 0 Å². The molecule has 2 aromatic rings. The SMILES string of the molecule is CC(C)CCc1nc2c(o1)CCN(C(=O)Cn1ccc(=O)cc1)C2. The Hall–Kier alpha value is -2.37. The first-order chi connectivity index (χ1) is 11.5. The lowest BCUT2D eigenvalue weighted by Gasteiger charge is -2.25. The highest BCUT2D eigenvalue weighted by Crippen LogP contribution is 2.21. The van der Waals surface area contributed by atoms with Crippen molar-refractivity contribution in [3.63, 3.8) is 0 Å². The van der Waals surface area contributed by atoms with Crippen LogP contribution in [0.1, 0.15) is 37.6 Å². The summed E-state index contributed by atoms with van der Waals surface area (Å²) in [6, 6.07) is 2.92. The number of oxazole rings is 1. The minimum atomic E-state index is -0.0576. The number of fused-ring (bicyclic) bond motifs is 1. The predicted octanol–water partition coefficient (Wildman–Crippen LogP) is 2.01. The standard InChI is InChI=1S/C18H23N3O3/c1-13(2)3-4-17-19-15-11-21(10-7-16(15)24-17)18(23)12-20-8-5-14(22)6-9-20/h5-6,8-9,13H,3-4,7,10-12H2,1-2H3. The third-order valence-corrected chi connectivity index (χ3v) is 4.24. The molecule has 2 aromatic heterocycles. The molecule has 0 unspecified atom stereocenters. The molecule has 3 heterocycles. The van der Waals surface area contributed by atoms with Gasteiger partial charge in [0, 0.05) is 43.9 Å². The Morgan fingerprint density at radius 2 is 2.08 bits per heavy atom. The maximum Gasteiger partial charge on any atom is 0.242 e. The van der Waals surface area contributed by atoms with Crippen molar-refractivity contribution in [3.8, 4) is 0 Å². The van der Waals surface area contributed by atoms with E-state index in [4.69, 9.17) is 4.42 Å². The van der Waals surface area contributed by atoms with Gasteiger partial charge in [-0.2, -0.15) is 0 Å². The Kier molecular flexibility index (Phi) is 4.83. The molecule has 24 heavy (non-hydrogen) atoms. The molecular formula is C18H23N3O3. The molecule has 0 aromatic carbocycles. The van der Waals surface area contributed by atoms with Gasteiger partial charge in [-0.1, -0.05) is 13.8 Å². The second-order valence-electron chi connectivity index (χ2n) is 6.68. The fourth-order valence-electron chi connectivity index (χ4n) is 2.79. The summed E-state index contributed by atoms with van der Waals surface area (Å²) in [7, 11) is 0. The highest BCUT2D eigenvalue weighted by molar-refractivity contribution is 5.76. The molecule has 6 heteroatoms. The van der Waals surface area contributed by atoms with Crippen LogP contribution in [0.15, 0.2) is 33.7 Å². The Morgan fingerprint density at radius 1 is 1.33 bits per heavy atom. The van der Waals surface area contributed by atoms with Gasteiger partial charge >= 0.3 is 0 Å². The summed E-state index contributed by atoms with van der Waals surface area (Å²) in [5.41, 5.74) is 0.825. The zero-order valence-electron chi connectivity index (χ0n) is 14.2. The van der Waals surface area contributed by atoms with Gasteiger partial charge < -0.3 is 13.9 Å². The van der Waals surface area contributed by atoms with Crippen LogP contribution in [0.25, 0.3) is 0 Å². The van der Waals surface area contributed by atoms with Crippen molar-refractivity contribution in [1.29, 1.82) is 0 Å². The summed E-state index contributed by atoms with van der Waals surface area (Å²) in [5.74, 6) is 2.34. The third-order valence-electron chi connectivity index (χ3n) is 4.24. The van der Waals surface area contributed by atoms with E-state index < -0.39 is 0 Å². The maximum absolute atomic E-state index is 12.5. The topological polar surface area (TPSA) is 68.3 Å². The second-order valence-corrected chi connectivity index (χ2v) is 6.68. The molecule has 0 spiro atoms. The number of hydrogen-bond donors (Lipinski definition) is 0. The number of carbonyl (C=O) groups is 1. The Bertz CT molecular complexity index is 756. The van der Waals surface area contributed by atoms with Crippen molar-refractivity contribution in [1.82, 2.24) is 14.5 Å². The van der Waals surface area contributed by atoms with Crippen LogP contribution in [0.5, 0.6) is 0 Å². The zero-order chi connectivity index (χ0) is 17.1. The number of pyridine rings is 1. The molecule has 0 aliphatic carbocycles. The van der Waals surface area contributed by atoms with Crippen molar-refractivity contribution in [2.45, 2.75) is 46.2 Å². The van der Waals surface area contributed by atoms with Crippen LogP contribution in [-0.2, 0) is 30.7 Å². The molecular weight excluding hydrogens is 306 g/mol. The minimum absolute atomic E-state index is 0.0241. The van der Waals surface area contributed by atoms with E-state index in [0.717, 1.165) is 30.2 Å². The molecule has 0 fully saturated rings. The zero-order valence-corrected chi connectivity index (χ0v) is 14.2. The Morgan fingerprint density at radius 3 is 2.79 bits per heavy atom. The molecule has 1 aliphatic rings. The van der Waals surface area contributed by atoms with Gasteiger partial charge in [0.25, 0.3) is 0 Å². The van der Waals surface area contributed by atoms with E-state index in [1.54, 1.807) is 21.9 Å². The molecule has 1 amide bonds. The highest BCUT2D eigenvalue weighted by atomic mass is 16.4. The molecule has 6 nitrogen and oxygen atoms in total. The van der Waals surface area contributed by atoms with Crippen molar-refractivity contribution in [3.05, 3.63) is 52.1 Å². The number of carbonyl (C=O) groups excluding carboxylic acids is 1. The molecule has 0 saturated carbocycles. The summed E-state index contributed by atoms with van der Waals surface area (Å²) < 4.78 is 7.55. The number of nitrogens with zero attached hydrogens (tertiary/aromatic N) is 3. The number of aryl methyl sites for hydroxylation is 1. The fraction of sp³-hybridized carbons (Fsp3) is 0.500. The summed E-state index contributed by atoms with van der Waals surface area (Å²) in [6.45, 7) is 5.73. The first-order valence-corrected chi connectivity index (χ1v) is 8.42. The van der Waals surface area contributed by atoms with Gasteiger partial charge in [0.1, 0.15) is 18.0 Å². The van der Waals surface area contributed by atoms with E-state index in [1.807, 2.05) is 0 Å². The van der Waals surface area contributed by atoms with Gasteiger partial charge in [0.15, 0.2) is 11.3 Å². The average Bonchev–Trinajstić information content (AvgIpc) is 2.97. The van der Waals surface area contributed by atoms with Crippen LogP contribution in [0.3, 0.4) is 0 Å². The molecule has 128 valence electrons. The molecule has 0 atom stereocenters. The van der Waals surface area contributed by atoms with Crippen LogP contribution < -0.4 is 5.43 Å². The van der Waals surface area contributed by atoms with Gasteiger partial charge in [-0.3, -0.25) is 9.59 Å². The first kappa shape index (κ1) is 16.5. The van der Waals surface area contributed by atoms with E-state index in [0.29, 0.717) is 25.4 Å². The lowest BCUT2D eigenvalue weighted by atomic mass is 10.1. The van der Waals surface area contributed by atoms with Crippen LogP contribution in [-0.4, -0.2) is 26.9 Å². The van der Waals surface area contributed by atoms with Crippen molar-refractivity contribution >= 4 is 5.91 Å². The normalized spacial score (nSPS) is 14.0. The molecule has 3 rings (SSSR count). The number of amides is 1. The summed E-state index contributed by atoms with van der Waals surface area (Å²) >= 11 is 0. The van der Waals surface area contributed by atoms with Crippen LogP contribution >= 0.6 is 0 Å². The second kappa shape index (κ2) is 7.03. The van der Waals surface area contributed by atoms with Crippen LogP contribution in [0.2, 0.25) is 0 Å². The monoisotopic (exact) mass is 329 g/mol. The summed E-state index contributed by atoms with van der Waals surface area (Å²) in [5, 5.41) is 0. The number of hydrogen-bond acceptors (Lipinski definition) is 4. The predicted molar refractivity (Wildman–Crippen MR) is 89.5 cm³/mol. The molecule has 0 radical (unpaired) electrons. The van der Waals surface area contributed by atoms with Gasteiger partial charge in [-0.05, 0) is 12.3 Å². The summed E-state index contributed by atoms with van der Waals surface area (Å²) in [6.07, 6.45) is 5.87. The first-order valence-electron chi connectivity index (χ1n) is 8.42. The van der Waals surface area contributed by atoms with Gasteiger partial charge in [0.2, 0.25) is 5.91 Å². The molecule has 0 N–H and O–H groups in total. The quantitative estimate of drug-likeness (QED) is 0.841. The number of aromatic nitrogens is 2. The van der Waals surface area contributed by atoms with E-state index >= 15 is 0 Å².